The van der Waals surface area contributed by atoms with Gasteiger partial charge in [0.05, 0.1) is 22.5 Å². The van der Waals surface area contributed by atoms with Crippen molar-refractivity contribution in [2.75, 3.05) is 29.9 Å². The van der Waals surface area contributed by atoms with Gasteiger partial charge in [0, 0.05) is 38.1 Å². The van der Waals surface area contributed by atoms with Crippen molar-refractivity contribution in [3.8, 4) is 6.07 Å². The molecule has 0 N–H and O–H groups in total. The van der Waals surface area contributed by atoms with E-state index in [9.17, 15) is 0 Å². The summed E-state index contributed by atoms with van der Waals surface area (Å²) in [7, 11) is 2.09. The van der Waals surface area contributed by atoms with E-state index >= 15 is 0 Å². The van der Waals surface area contributed by atoms with E-state index in [1.807, 2.05) is 24.4 Å². The molecule has 0 radical (unpaired) electrons. The highest BCUT2D eigenvalue weighted by molar-refractivity contribution is 6.32. The highest BCUT2D eigenvalue weighted by Gasteiger charge is 2.24. The standard InChI is InChI=1S/C18H19ClN4/c1-22(15-7-6-14(11-20)18(19)10-15)17-5-3-9-23(13-17)16-4-2-8-21-12-16/h2,4,6-8,10,12,17H,3,5,9,13H2,1H3/t17-/m1/s1. The third kappa shape index (κ3) is 3.40. The van der Waals surface area contributed by atoms with Gasteiger partial charge in [-0.05, 0) is 43.2 Å². The number of hydrogen-bond acceptors (Lipinski definition) is 4. The third-order valence-corrected chi connectivity index (χ3v) is 4.75. The number of halogens is 1. The molecule has 1 aromatic heterocycles. The maximum atomic E-state index is 9.00. The van der Waals surface area contributed by atoms with Crippen molar-refractivity contribution in [2.24, 2.45) is 0 Å². The Bertz CT molecular complexity index is 711. The second-order valence-corrected chi connectivity index (χ2v) is 6.25. The molecule has 2 aromatic rings. The molecule has 0 unspecified atom stereocenters. The first-order chi connectivity index (χ1) is 11.2. The second kappa shape index (κ2) is 6.89. The molecule has 1 aliphatic rings. The Labute approximate surface area is 141 Å². The Hall–Kier alpha value is -2.25. The van der Waals surface area contributed by atoms with Crippen molar-refractivity contribution in [3.05, 3.63) is 53.3 Å². The van der Waals surface area contributed by atoms with Crippen LogP contribution < -0.4 is 9.80 Å². The van der Waals surface area contributed by atoms with Gasteiger partial charge in [-0.25, -0.2) is 0 Å². The minimum atomic E-state index is 0.410. The molecule has 4 nitrogen and oxygen atoms in total. The minimum absolute atomic E-state index is 0.410. The third-order valence-electron chi connectivity index (χ3n) is 4.44. The molecule has 0 saturated carbocycles. The molecule has 0 amide bonds. The second-order valence-electron chi connectivity index (χ2n) is 5.84. The van der Waals surface area contributed by atoms with E-state index in [1.165, 1.54) is 5.69 Å². The van der Waals surface area contributed by atoms with E-state index in [-0.39, 0.29) is 0 Å². The SMILES string of the molecule is CN(c1ccc(C#N)c(Cl)c1)[C@@H]1CCCN(c2cccnc2)C1. The monoisotopic (exact) mass is 326 g/mol. The van der Waals surface area contributed by atoms with E-state index in [0.717, 1.165) is 31.6 Å². The summed E-state index contributed by atoms with van der Waals surface area (Å²) < 4.78 is 0. The summed E-state index contributed by atoms with van der Waals surface area (Å²) in [6.45, 7) is 2.02. The summed E-state index contributed by atoms with van der Waals surface area (Å²) in [5, 5.41) is 9.51. The number of benzene rings is 1. The molecule has 5 heteroatoms. The Morgan fingerprint density at radius 2 is 2.26 bits per heavy atom. The van der Waals surface area contributed by atoms with Gasteiger partial charge in [0.25, 0.3) is 0 Å². The average Bonchev–Trinajstić information content (AvgIpc) is 2.62. The number of rotatable bonds is 3. The van der Waals surface area contributed by atoms with Crippen LogP contribution in [0.5, 0.6) is 0 Å². The van der Waals surface area contributed by atoms with Crippen molar-refractivity contribution in [1.82, 2.24) is 4.98 Å². The lowest BCUT2D eigenvalue weighted by Crippen LogP contribution is -2.46. The van der Waals surface area contributed by atoms with Gasteiger partial charge in [-0.15, -0.1) is 0 Å². The Morgan fingerprint density at radius 3 is 2.96 bits per heavy atom. The largest absolute Gasteiger partial charge is 0.370 e. The van der Waals surface area contributed by atoms with Gasteiger partial charge in [0.2, 0.25) is 0 Å². The van der Waals surface area contributed by atoms with Crippen molar-refractivity contribution in [1.29, 1.82) is 5.26 Å². The Balaban J connectivity index is 1.76. The average molecular weight is 327 g/mol. The van der Waals surface area contributed by atoms with Crippen molar-refractivity contribution in [3.63, 3.8) is 0 Å². The van der Waals surface area contributed by atoms with Crippen LogP contribution in [0.25, 0.3) is 0 Å². The van der Waals surface area contributed by atoms with E-state index in [0.29, 0.717) is 16.6 Å². The predicted octanol–water partition coefficient (Wildman–Crippen LogP) is 3.71. The van der Waals surface area contributed by atoms with Gasteiger partial charge < -0.3 is 9.80 Å². The molecule has 1 atom stereocenters. The molecule has 118 valence electrons. The normalized spacial score (nSPS) is 17.6. The fraction of sp³-hybridized carbons (Fsp3) is 0.333. The highest BCUT2D eigenvalue weighted by atomic mass is 35.5. The van der Waals surface area contributed by atoms with E-state index in [1.54, 1.807) is 12.3 Å². The van der Waals surface area contributed by atoms with Gasteiger partial charge in [-0.3, -0.25) is 4.98 Å². The number of pyridine rings is 1. The first kappa shape index (κ1) is 15.6. The molecule has 0 aliphatic carbocycles. The van der Waals surface area contributed by atoms with Gasteiger partial charge in [0.15, 0.2) is 0 Å². The summed E-state index contributed by atoms with van der Waals surface area (Å²) in [6.07, 6.45) is 6.01. The zero-order valence-electron chi connectivity index (χ0n) is 13.1. The quantitative estimate of drug-likeness (QED) is 0.862. The molecule has 0 bridgehead atoms. The molecule has 1 saturated heterocycles. The maximum absolute atomic E-state index is 9.00. The zero-order chi connectivity index (χ0) is 16.2. The van der Waals surface area contributed by atoms with Gasteiger partial charge >= 0.3 is 0 Å². The molecule has 1 aromatic carbocycles. The fourth-order valence-corrected chi connectivity index (χ4v) is 3.29. The number of anilines is 2. The van der Waals surface area contributed by atoms with Crippen molar-refractivity contribution in [2.45, 2.75) is 18.9 Å². The predicted molar refractivity (Wildman–Crippen MR) is 94.0 cm³/mol. The van der Waals surface area contributed by atoms with Crippen LogP contribution in [0.15, 0.2) is 42.7 Å². The van der Waals surface area contributed by atoms with Crippen LogP contribution >= 0.6 is 11.6 Å². The van der Waals surface area contributed by atoms with Crippen LogP contribution in [0.1, 0.15) is 18.4 Å². The summed E-state index contributed by atoms with van der Waals surface area (Å²) >= 11 is 6.17. The number of likely N-dealkylation sites (N-methyl/N-ethyl adjacent to an activating group) is 1. The van der Waals surface area contributed by atoms with Gasteiger partial charge in [-0.1, -0.05) is 11.6 Å². The maximum Gasteiger partial charge on any atom is 0.101 e. The molecular formula is C18H19ClN4. The van der Waals surface area contributed by atoms with Crippen LogP contribution in [0.2, 0.25) is 5.02 Å². The number of piperidine rings is 1. The minimum Gasteiger partial charge on any atom is -0.370 e. The molecule has 0 spiro atoms. The Morgan fingerprint density at radius 1 is 1.39 bits per heavy atom. The summed E-state index contributed by atoms with van der Waals surface area (Å²) in [5.74, 6) is 0. The molecule has 2 heterocycles. The molecule has 23 heavy (non-hydrogen) atoms. The molecular weight excluding hydrogens is 308 g/mol. The Kier molecular flexibility index (Phi) is 4.68. The molecule has 1 aliphatic heterocycles. The van der Waals surface area contributed by atoms with Crippen LogP contribution in [0.4, 0.5) is 11.4 Å². The van der Waals surface area contributed by atoms with Crippen LogP contribution in [-0.2, 0) is 0 Å². The number of aromatic nitrogens is 1. The van der Waals surface area contributed by atoms with Crippen molar-refractivity contribution >= 4 is 23.0 Å². The fourth-order valence-electron chi connectivity index (χ4n) is 3.07. The zero-order valence-corrected chi connectivity index (χ0v) is 13.9. The van der Waals surface area contributed by atoms with Crippen LogP contribution in [-0.4, -0.2) is 31.2 Å². The lowest BCUT2D eigenvalue weighted by atomic mass is 10.0. The summed E-state index contributed by atoms with van der Waals surface area (Å²) in [6, 6.07) is 12.2. The van der Waals surface area contributed by atoms with E-state index in [2.05, 4.69) is 34.0 Å². The molecule has 1 fully saturated rings. The highest BCUT2D eigenvalue weighted by Crippen LogP contribution is 2.27. The van der Waals surface area contributed by atoms with Crippen LogP contribution in [0.3, 0.4) is 0 Å². The summed E-state index contributed by atoms with van der Waals surface area (Å²) in [4.78, 5) is 8.85. The van der Waals surface area contributed by atoms with E-state index in [4.69, 9.17) is 16.9 Å². The van der Waals surface area contributed by atoms with Gasteiger partial charge in [-0.2, -0.15) is 5.26 Å². The lowest BCUT2D eigenvalue weighted by molar-refractivity contribution is 0.488. The summed E-state index contributed by atoms with van der Waals surface area (Å²) in [5.41, 5.74) is 2.74. The number of nitrogens with zero attached hydrogens (tertiary/aromatic N) is 4. The molecule has 3 rings (SSSR count). The van der Waals surface area contributed by atoms with Crippen molar-refractivity contribution < 1.29 is 0 Å². The van der Waals surface area contributed by atoms with E-state index < -0.39 is 0 Å². The first-order valence-corrected chi connectivity index (χ1v) is 8.14. The smallest absolute Gasteiger partial charge is 0.101 e. The first-order valence-electron chi connectivity index (χ1n) is 7.76. The number of hydrogen-bond donors (Lipinski definition) is 0. The van der Waals surface area contributed by atoms with Gasteiger partial charge in [0.1, 0.15) is 6.07 Å². The van der Waals surface area contributed by atoms with Crippen LogP contribution in [0, 0.1) is 11.3 Å². The topological polar surface area (TPSA) is 43.2 Å². The lowest BCUT2D eigenvalue weighted by Gasteiger charge is -2.39. The number of nitriles is 1.